The smallest absolute Gasteiger partial charge is 1.00 e. The number of hydrogen-bond acceptors (Lipinski definition) is 0. The van der Waals surface area contributed by atoms with Crippen LogP contribution in [0.15, 0.2) is 0 Å². The Hall–Kier alpha value is 2.53. The quantitative estimate of drug-likeness (QED) is 0.329. The van der Waals surface area contributed by atoms with Crippen LogP contribution in [0.1, 0.15) is 0 Å². The molecule has 7 heteroatoms. The van der Waals surface area contributed by atoms with Crippen molar-refractivity contribution in [3.63, 3.8) is 0 Å². The summed E-state index contributed by atoms with van der Waals surface area (Å²) in [5.41, 5.74) is 0. The minimum absolute atomic E-state index is 0. The van der Waals surface area contributed by atoms with Crippen LogP contribution in [-0.4, -0.2) is 11.0 Å². The maximum Gasteiger partial charge on any atom is 2.00 e. The predicted molar refractivity (Wildman–Crippen MR) is 7.23 cm³/mol. The molecule has 0 unspecified atom stereocenters. The molecule has 0 aromatic carbocycles. The first-order valence-corrected chi connectivity index (χ1v) is 0. The molecule has 0 spiro atoms. The summed E-state index contributed by atoms with van der Waals surface area (Å²) < 4.78 is 0. The zero-order chi connectivity index (χ0) is 0. The molecule has 4 N–H and O–H groups in total. The molecule has 0 fully saturated rings. The van der Waals surface area contributed by atoms with E-state index in [4.69, 9.17) is 0 Å². The van der Waals surface area contributed by atoms with E-state index in [1.54, 1.807) is 0 Å². The molecule has 2 nitrogen and oxygen atoms in total. The van der Waals surface area contributed by atoms with Gasteiger partial charge in [0, 0.05) is 0 Å². The summed E-state index contributed by atoms with van der Waals surface area (Å²) in [5, 5.41) is 0. The standard InChI is InChI=1S/4BrH.Mo.2H2O/h4*1H;;2*1H2/q;;;;+2;;/p-4. The van der Waals surface area contributed by atoms with E-state index in [-0.39, 0.29) is 99.9 Å². The molecule has 0 aromatic rings. The maximum atomic E-state index is 0. The van der Waals surface area contributed by atoms with Crippen LogP contribution in [0.2, 0.25) is 0 Å². The van der Waals surface area contributed by atoms with Crippen molar-refractivity contribution in [1.82, 2.24) is 0 Å². The van der Waals surface area contributed by atoms with Crippen molar-refractivity contribution in [3.8, 4) is 0 Å². The molecule has 0 radical (unpaired) electrons. The second kappa shape index (κ2) is 75.6. The molecule has 0 heterocycles. The van der Waals surface area contributed by atoms with Gasteiger partial charge in [-0.15, -0.1) is 0 Å². The zero-order valence-electron chi connectivity index (χ0n) is 2.92. The second-order valence-corrected chi connectivity index (χ2v) is 0. The van der Waals surface area contributed by atoms with E-state index in [1.165, 1.54) is 0 Å². The summed E-state index contributed by atoms with van der Waals surface area (Å²) in [7, 11) is 0. The van der Waals surface area contributed by atoms with Crippen LogP contribution in [0.4, 0.5) is 0 Å². The van der Waals surface area contributed by atoms with Gasteiger partial charge in [0.1, 0.15) is 0 Å². The first kappa shape index (κ1) is 108. The first-order chi connectivity index (χ1) is 0. The Morgan fingerprint density at radius 3 is 0.429 bits per heavy atom. The van der Waals surface area contributed by atoms with Crippen LogP contribution >= 0.6 is 0 Å². The molecular weight excluding hydrogens is 448 g/mol. The van der Waals surface area contributed by atoms with Gasteiger partial charge in [0.15, 0.2) is 0 Å². The number of hydrogen-bond donors (Lipinski definition) is 0. The fourth-order valence-corrected chi connectivity index (χ4v) is 0. The van der Waals surface area contributed by atoms with Crippen molar-refractivity contribution in [3.05, 3.63) is 0 Å². The van der Waals surface area contributed by atoms with Crippen molar-refractivity contribution in [2.45, 2.75) is 0 Å². The Morgan fingerprint density at radius 1 is 0.429 bits per heavy atom. The van der Waals surface area contributed by atoms with Gasteiger partial charge < -0.3 is 78.9 Å². The summed E-state index contributed by atoms with van der Waals surface area (Å²) in [6, 6.07) is 0. The molecule has 0 aromatic heterocycles. The minimum atomic E-state index is 0. The van der Waals surface area contributed by atoms with Gasteiger partial charge in [0.25, 0.3) is 0 Å². The molecule has 0 amide bonds. The third-order valence-corrected chi connectivity index (χ3v) is 0. The molecule has 52 valence electrons. The molecule has 0 saturated carbocycles. The van der Waals surface area contributed by atoms with Gasteiger partial charge in [-0.05, 0) is 0 Å². The third-order valence-electron chi connectivity index (χ3n) is 0. The average Bonchev–Trinajstić information content (AvgIpc) is 0. The van der Waals surface area contributed by atoms with Crippen molar-refractivity contribution in [2.24, 2.45) is 0 Å². The first-order valence-electron chi connectivity index (χ1n) is 0. The molecule has 0 saturated heterocycles. The Bertz CT molecular complexity index is 9.65. The minimum Gasteiger partial charge on any atom is -1.00 e. The van der Waals surface area contributed by atoms with Gasteiger partial charge in [-0.3, -0.25) is 0 Å². The van der Waals surface area contributed by atoms with Crippen LogP contribution < -0.4 is 67.9 Å². The van der Waals surface area contributed by atoms with Crippen molar-refractivity contribution >= 4 is 0 Å². The second-order valence-electron chi connectivity index (χ2n) is 0. The summed E-state index contributed by atoms with van der Waals surface area (Å²) in [4.78, 5) is 0. The normalized spacial score (nSPS) is 0. The fourth-order valence-electron chi connectivity index (χ4n) is 0. The zero-order valence-corrected chi connectivity index (χ0v) is 11.3. The summed E-state index contributed by atoms with van der Waals surface area (Å²) in [6.07, 6.45) is 0. The third kappa shape index (κ3) is 56.9. The van der Waals surface area contributed by atoms with Crippen molar-refractivity contribution in [2.75, 3.05) is 0 Å². The van der Waals surface area contributed by atoms with Crippen LogP contribution in [0, 0.1) is 0 Å². The van der Waals surface area contributed by atoms with E-state index in [1.807, 2.05) is 0 Å². The Labute approximate surface area is 98.8 Å². The monoisotopic (exact) mass is 450 g/mol. The molecule has 0 aliphatic carbocycles. The van der Waals surface area contributed by atoms with E-state index in [0.29, 0.717) is 0 Å². The summed E-state index contributed by atoms with van der Waals surface area (Å²) >= 11 is 0. The van der Waals surface area contributed by atoms with Gasteiger partial charge in [-0.1, -0.05) is 0 Å². The molecule has 0 rings (SSSR count). The predicted octanol–water partition coefficient (Wildman–Crippen LogP) is -13.6. The van der Waals surface area contributed by atoms with Gasteiger partial charge in [0.2, 0.25) is 0 Å². The van der Waals surface area contributed by atoms with Gasteiger partial charge in [-0.25, -0.2) is 0 Å². The summed E-state index contributed by atoms with van der Waals surface area (Å²) in [6.45, 7) is 0. The van der Waals surface area contributed by atoms with Crippen molar-refractivity contribution < 1.29 is 99.9 Å². The summed E-state index contributed by atoms with van der Waals surface area (Å²) in [5.74, 6) is 0. The molecule has 0 aliphatic rings. The van der Waals surface area contributed by atoms with Gasteiger partial charge in [-0.2, -0.15) is 0 Å². The van der Waals surface area contributed by atoms with E-state index >= 15 is 0 Å². The Kier molecular flexibility index (Phi) is 1170. The average molecular weight is 452 g/mol. The molecular formula is H4Br4MoO2-2. The largest absolute Gasteiger partial charge is 2.00 e. The van der Waals surface area contributed by atoms with E-state index in [9.17, 15) is 0 Å². The molecule has 0 aliphatic heterocycles. The molecule has 7 heavy (non-hydrogen) atoms. The van der Waals surface area contributed by atoms with Gasteiger partial charge in [0.05, 0.1) is 0 Å². The maximum absolute atomic E-state index is 0. The Balaban J connectivity index is 0. The van der Waals surface area contributed by atoms with Crippen molar-refractivity contribution in [1.29, 1.82) is 0 Å². The SMILES string of the molecule is O.O.[Br-].[Br-].[Br-].[Br-].[Mo+2]. The number of halogens is 4. The van der Waals surface area contributed by atoms with Crippen LogP contribution in [0.25, 0.3) is 0 Å². The van der Waals surface area contributed by atoms with Gasteiger partial charge >= 0.3 is 21.1 Å². The Morgan fingerprint density at radius 2 is 0.429 bits per heavy atom. The van der Waals surface area contributed by atoms with Crippen LogP contribution in [0.5, 0.6) is 0 Å². The fraction of sp³-hybridized carbons (Fsp3) is 0. The van der Waals surface area contributed by atoms with E-state index in [2.05, 4.69) is 0 Å². The van der Waals surface area contributed by atoms with Crippen LogP contribution in [0.3, 0.4) is 0 Å². The van der Waals surface area contributed by atoms with Crippen LogP contribution in [-0.2, 0) is 21.1 Å². The molecule has 0 atom stereocenters. The number of rotatable bonds is 0. The van der Waals surface area contributed by atoms with E-state index in [0.717, 1.165) is 0 Å². The topological polar surface area (TPSA) is 63.0 Å². The van der Waals surface area contributed by atoms with E-state index < -0.39 is 0 Å². The molecule has 0 bridgehead atoms.